The van der Waals surface area contributed by atoms with E-state index in [0.29, 0.717) is 6.54 Å². The highest BCUT2D eigenvalue weighted by molar-refractivity contribution is 7.09. The lowest BCUT2D eigenvalue weighted by Crippen LogP contribution is -2.28. The second-order valence-corrected chi connectivity index (χ2v) is 8.12. The van der Waals surface area contributed by atoms with Crippen molar-refractivity contribution in [3.63, 3.8) is 0 Å². The highest BCUT2D eigenvalue weighted by Crippen LogP contribution is 2.27. The zero-order valence-electron chi connectivity index (χ0n) is 15.8. The molecule has 1 aliphatic heterocycles. The third-order valence-corrected chi connectivity index (χ3v) is 5.68. The lowest BCUT2D eigenvalue weighted by molar-refractivity contribution is -0.122. The van der Waals surface area contributed by atoms with Crippen LogP contribution < -0.4 is 10.2 Å². The van der Waals surface area contributed by atoms with Gasteiger partial charge < -0.3 is 10.2 Å². The molecule has 1 saturated heterocycles. The van der Waals surface area contributed by atoms with Crippen LogP contribution in [0, 0.1) is 19.8 Å². The van der Waals surface area contributed by atoms with E-state index in [1.165, 1.54) is 0 Å². The minimum atomic E-state index is -0.352. The van der Waals surface area contributed by atoms with Crippen LogP contribution in [-0.4, -0.2) is 23.3 Å². The summed E-state index contributed by atoms with van der Waals surface area (Å²) in [6.07, 6.45) is 0.232. The quantitative estimate of drug-likeness (QED) is 0.716. The Morgan fingerprint density at radius 1 is 1.11 bits per heavy atom. The molecule has 0 aliphatic carbocycles. The highest BCUT2D eigenvalue weighted by Gasteiger charge is 2.35. The largest absolute Gasteiger partial charge is 0.326 e. The summed E-state index contributed by atoms with van der Waals surface area (Å²) in [6, 6.07) is 15.4. The Hall–Kier alpha value is -2.99. The van der Waals surface area contributed by atoms with E-state index in [2.05, 4.69) is 10.3 Å². The van der Waals surface area contributed by atoms with E-state index in [4.69, 9.17) is 0 Å². The first kappa shape index (κ1) is 18.4. The number of hydrogen-bond acceptors (Lipinski definition) is 4. The van der Waals surface area contributed by atoms with Crippen molar-refractivity contribution in [1.82, 2.24) is 4.98 Å². The molecule has 1 fully saturated rings. The first-order valence-corrected chi connectivity index (χ1v) is 10.1. The summed E-state index contributed by atoms with van der Waals surface area (Å²) >= 11 is 1.61. The standard InChI is InChI=1S/C22H21N3O2S/c1-14-3-9-19(10-4-14)25-12-17(11-21(25)26)22(27)24-18-7-5-16(6-8-18)20-13-28-15(2)23-20/h3-10,13,17H,11-12H2,1-2H3,(H,24,27)/t17-/m1/s1. The van der Waals surface area contributed by atoms with E-state index < -0.39 is 0 Å². The van der Waals surface area contributed by atoms with Gasteiger partial charge in [-0.05, 0) is 38.1 Å². The van der Waals surface area contributed by atoms with Crippen molar-refractivity contribution in [2.45, 2.75) is 20.3 Å². The average molecular weight is 391 g/mol. The van der Waals surface area contributed by atoms with Gasteiger partial charge in [-0.1, -0.05) is 29.8 Å². The third-order valence-electron chi connectivity index (χ3n) is 4.91. The Kier molecular flexibility index (Phi) is 4.96. The smallest absolute Gasteiger partial charge is 0.229 e. The fraction of sp³-hybridized carbons (Fsp3) is 0.227. The van der Waals surface area contributed by atoms with Crippen LogP contribution in [0.15, 0.2) is 53.9 Å². The molecule has 142 valence electrons. The normalized spacial score (nSPS) is 16.4. The fourth-order valence-electron chi connectivity index (χ4n) is 3.32. The maximum atomic E-state index is 12.6. The van der Waals surface area contributed by atoms with Crippen LogP contribution in [0.5, 0.6) is 0 Å². The predicted octanol–water partition coefficient (Wildman–Crippen LogP) is 4.42. The van der Waals surface area contributed by atoms with E-state index in [9.17, 15) is 9.59 Å². The highest BCUT2D eigenvalue weighted by atomic mass is 32.1. The molecule has 1 N–H and O–H groups in total. The van der Waals surface area contributed by atoms with Gasteiger partial charge in [-0.15, -0.1) is 11.3 Å². The lowest BCUT2D eigenvalue weighted by atomic mass is 10.1. The van der Waals surface area contributed by atoms with Crippen LogP contribution in [0.3, 0.4) is 0 Å². The van der Waals surface area contributed by atoms with Crippen LogP contribution in [0.4, 0.5) is 11.4 Å². The molecule has 2 aromatic carbocycles. The monoisotopic (exact) mass is 391 g/mol. The Morgan fingerprint density at radius 3 is 2.46 bits per heavy atom. The van der Waals surface area contributed by atoms with Gasteiger partial charge in [0.25, 0.3) is 0 Å². The van der Waals surface area contributed by atoms with Crippen molar-refractivity contribution in [1.29, 1.82) is 0 Å². The van der Waals surface area contributed by atoms with E-state index >= 15 is 0 Å². The second kappa shape index (κ2) is 7.56. The minimum absolute atomic E-state index is 0.0155. The van der Waals surface area contributed by atoms with Gasteiger partial charge >= 0.3 is 0 Å². The molecule has 0 spiro atoms. The van der Waals surface area contributed by atoms with Gasteiger partial charge in [-0.2, -0.15) is 0 Å². The zero-order valence-corrected chi connectivity index (χ0v) is 16.6. The number of nitrogens with zero attached hydrogens (tertiary/aromatic N) is 2. The molecule has 28 heavy (non-hydrogen) atoms. The number of rotatable bonds is 4. The number of aromatic nitrogens is 1. The predicted molar refractivity (Wildman–Crippen MR) is 113 cm³/mol. The fourth-order valence-corrected chi connectivity index (χ4v) is 3.94. The Balaban J connectivity index is 1.41. The Morgan fingerprint density at radius 2 is 1.82 bits per heavy atom. The van der Waals surface area contributed by atoms with Crippen molar-refractivity contribution in [3.05, 3.63) is 64.5 Å². The molecule has 0 saturated carbocycles. The SMILES string of the molecule is Cc1ccc(N2C[C@H](C(=O)Nc3ccc(-c4csc(C)n4)cc3)CC2=O)cc1. The van der Waals surface area contributed by atoms with E-state index in [1.807, 2.05) is 67.8 Å². The molecule has 5 nitrogen and oxygen atoms in total. The molecular formula is C22H21N3O2S. The molecule has 4 rings (SSSR count). The van der Waals surface area contributed by atoms with Gasteiger partial charge in [-0.3, -0.25) is 9.59 Å². The van der Waals surface area contributed by atoms with E-state index in [-0.39, 0.29) is 24.2 Å². The van der Waals surface area contributed by atoms with Gasteiger partial charge in [0.05, 0.1) is 16.6 Å². The van der Waals surface area contributed by atoms with Crippen molar-refractivity contribution < 1.29 is 9.59 Å². The number of hydrogen-bond donors (Lipinski definition) is 1. The van der Waals surface area contributed by atoms with Crippen molar-refractivity contribution >= 4 is 34.5 Å². The molecule has 2 amide bonds. The van der Waals surface area contributed by atoms with Crippen molar-refractivity contribution in [2.75, 3.05) is 16.8 Å². The average Bonchev–Trinajstić information content (AvgIpc) is 3.29. The molecule has 2 heterocycles. The van der Waals surface area contributed by atoms with Crippen molar-refractivity contribution in [2.24, 2.45) is 5.92 Å². The first-order chi connectivity index (χ1) is 13.5. The number of nitrogens with one attached hydrogen (secondary N) is 1. The summed E-state index contributed by atoms with van der Waals surface area (Å²) in [5.41, 5.74) is 4.66. The number of amides is 2. The van der Waals surface area contributed by atoms with E-state index in [0.717, 1.165) is 33.2 Å². The van der Waals surface area contributed by atoms with Gasteiger partial charge in [0.15, 0.2) is 0 Å². The Labute approximate surface area is 168 Å². The molecule has 6 heteroatoms. The summed E-state index contributed by atoms with van der Waals surface area (Å²) in [7, 11) is 0. The number of carbonyl (C=O) groups is 2. The molecule has 1 aliphatic rings. The minimum Gasteiger partial charge on any atom is -0.326 e. The van der Waals surface area contributed by atoms with Crippen LogP contribution in [0.25, 0.3) is 11.3 Å². The number of thiazole rings is 1. The number of benzene rings is 2. The molecule has 1 aromatic heterocycles. The molecule has 1 atom stereocenters. The van der Waals surface area contributed by atoms with Crippen LogP contribution in [0.1, 0.15) is 17.0 Å². The summed E-state index contributed by atoms with van der Waals surface area (Å²) in [5, 5.41) is 5.98. The lowest BCUT2D eigenvalue weighted by Gasteiger charge is -2.17. The molecule has 0 unspecified atom stereocenters. The maximum Gasteiger partial charge on any atom is 0.229 e. The zero-order chi connectivity index (χ0) is 19.7. The molecule has 0 bridgehead atoms. The molecular weight excluding hydrogens is 370 g/mol. The number of carbonyl (C=O) groups excluding carboxylic acids is 2. The number of anilines is 2. The van der Waals surface area contributed by atoms with Gasteiger partial charge in [0.1, 0.15) is 0 Å². The summed E-state index contributed by atoms with van der Waals surface area (Å²) in [5.74, 6) is -0.492. The van der Waals surface area contributed by atoms with E-state index in [1.54, 1.807) is 16.2 Å². The topological polar surface area (TPSA) is 62.3 Å². The summed E-state index contributed by atoms with van der Waals surface area (Å²) in [6.45, 7) is 4.39. The summed E-state index contributed by atoms with van der Waals surface area (Å²) < 4.78 is 0. The maximum absolute atomic E-state index is 12.6. The van der Waals surface area contributed by atoms with Crippen molar-refractivity contribution in [3.8, 4) is 11.3 Å². The third kappa shape index (κ3) is 3.82. The van der Waals surface area contributed by atoms with Crippen LogP contribution >= 0.6 is 11.3 Å². The number of aryl methyl sites for hydroxylation is 2. The molecule has 0 radical (unpaired) electrons. The van der Waals surface area contributed by atoms with Gasteiger partial charge in [0, 0.05) is 35.3 Å². The van der Waals surface area contributed by atoms with Crippen LogP contribution in [-0.2, 0) is 9.59 Å². The summed E-state index contributed by atoms with van der Waals surface area (Å²) in [4.78, 5) is 31.2. The second-order valence-electron chi connectivity index (χ2n) is 7.06. The van der Waals surface area contributed by atoms with Gasteiger partial charge in [0.2, 0.25) is 11.8 Å². The van der Waals surface area contributed by atoms with Gasteiger partial charge in [-0.25, -0.2) is 4.98 Å². The van der Waals surface area contributed by atoms with Crippen LogP contribution in [0.2, 0.25) is 0 Å². The molecule has 3 aromatic rings. The first-order valence-electron chi connectivity index (χ1n) is 9.20. The Bertz CT molecular complexity index is 1010.